The van der Waals surface area contributed by atoms with E-state index < -0.39 is 0 Å². The minimum atomic E-state index is -0.0341. The van der Waals surface area contributed by atoms with Gasteiger partial charge >= 0.3 is 5.97 Å². The molecule has 0 amide bonds. The Morgan fingerprint density at radius 2 is 2.00 bits per heavy atom. The third kappa shape index (κ3) is 2.73. The fraction of sp³-hybridized carbons (Fsp3) is 0.917. The van der Waals surface area contributed by atoms with Crippen molar-refractivity contribution in [3.8, 4) is 0 Å². The molecule has 0 bridgehead atoms. The second-order valence-electron chi connectivity index (χ2n) is 4.77. The Bertz CT molecular complexity index is 192. The molecular weight excluding hydrogens is 176 g/mol. The van der Waals surface area contributed by atoms with Crippen molar-refractivity contribution in [2.45, 2.75) is 52.9 Å². The molecule has 1 rings (SSSR count). The van der Waals surface area contributed by atoms with Crippen molar-refractivity contribution in [1.82, 2.24) is 0 Å². The van der Waals surface area contributed by atoms with Crippen molar-refractivity contribution in [1.29, 1.82) is 0 Å². The molecule has 0 radical (unpaired) electrons. The molecule has 0 aromatic rings. The van der Waals surface area contributed by atoms with Crippen LogP contribution >= 0.6 is 0 Å². The highest BCUT2D eigenvalue weighted by Gasteiger charge is 2.35. The summed E-state index contributed by atoms with van der Waals surface area (Å²) in [4.78, 5) is 11.3. The highest BCUT2D eigenvalue weighted by molar-refractivity contribution is 5.69. The van der Waals surface area contributed by atoms with E-state index in [1.54, 1.807) is 0 Å². The minimum absolute atomic E-state index is 0.0341. The summed E-state index contributed by atoms with van der Waals surface area (Å²) in [5, 5.41) is 0. The van der Waals surface area contributed by atoms with E-state index in [4.69, 9.17) is 4.74 Å². The largest absolute Gasteiger partial charge is 0.466 e. The van der Waals surface area contributed by atoms with Crippen molar-refractivity contribution in [2.24, 2.45) is 11.3 Å². The van der Waals surface area contributed by atoms with Crippen LogP contribution in [0.15, 0.2) is 0 Å². The summed E-state index contributed by atoms with van der Waals surface area (Å²) in [6.45, 7) is 6.86. The number of rotatable bonds is 4. The Hall–Kier alpha value is -0.530. The zero-order valence-corrected chi connectivity index (χ0v) is 9.64. The van der Waals surface area contributed by atoms with Crippen LogP contribution in [0.2, 0.25) is 0 Å². The first-order chi connectivity index (χ1) is 6.58. The smallest absolute Gasteiger partial charge is 0.306 e. The van der Waals surface area contributed by atoms with Gasteiger partial charge in [0, 0.05) is 6.42 Å². The molecule has 0 N–H and O–H groups in total. The lowest BCUT2D eigenvalue weighted by Gasteiger charge is -2.30. The zero-order valence-electron chi connectivity index (χ0n) is 9.64. The van der Waals surface area contributed by atoms with Gasteiger partial charge in [0.15, 0.2) is 0 Å². The molecule has 0 heterocycles. The Balaban J connectivity index is 2.40. The topological polar surface area (TPSA) is 26.3 Å². The summed E-state index contributed by atoms with van der Waals surface area (Å²) in [5.74, 6) is 0.428. The average Bonchev–Trinajstić information content (AvgIpc) is 2.54. The first-order valence-corrected chi connectivity index (χ1v) is 5.74. The summed E-state index contributed by atoms with van der Waals surface area (Å²) < 4.78 is 4.98. The predicted molar refractivity (Wildman–Crippen MR) is 57.0 cm³/mol. The first-order valence-electron chi connectivity index (χ1n) is 5.74. The van der Waals surface area contributed by atoms with Gasteiger partial charge in [0.25, 0.3) is 0 Å². The summed E-state index contributed by atoms with van der Waals surface area (Å²) >= 11 is 0. The third-order valence-electron chi connectivity index (χ3n) is 3.71. The second-order valence-corrected chi connectivity index (χ2v) is 4.77. The van der Waals surface area contributed by atoms with E-state index in [9.17, 15) is 4.79 Å². The molecule has 2 heteroatoms. The lowest BCUT2D eigenvalue weighted by molar-refractivity contribution is -0.145. The van der Waals surface area contributed by atoms with Crippen molar-refractivity contribution in [2.75, 3.05) is 6.61 Å². The fourth-order valence-electron chi connectivity index (χ4n) is 2.39. The van der Waals surface area contributed by atoms with Crippen LogP contribution in [-0.4, -0.2) is 12.6 Å². The molecule has 0 saturated heterocycles. The Kier molecular flexibility index (Phi) is 3.97. The molecule has 14 heavy (non-hydrogen) atoms. The van der Waals surface area contributed by atoms with E-state index in [-0.39, 0.29) is 5.97 Å². The van der Waals surface area contributed by atoms with Gasteiger partial charge in [-0.2, -0.15) is 0 Å². The van der Waals surface area contributed by atoms with Gasteiger partial charge in [-0.05, 0) is 31.1 Å². The van der Waals surface area contributed by atoms with Crippen molar-refractivity contribution >= 4 is 5.97 Å². The van der Waals surface area contributed by atoms with Gasteiger partial charge in [0.05, 0.1) is 6.61 Å². The van der Waals surface area contributed by atoms with E-state index in [2.05, 4.69) is 13.8 Å². The van der Waals surface area contributed by atoms with Gasteiger partial charge in [-0.15, -0.1) is 0 Å². The van der Waals surface area contributed by atoms with Gasteiger partial charge in [-0.3, -0.25) is 4.79 Å². The molecule has 0 aromatic carbocycles. The number of carbonyl (C=O) groups is 1. The summed E-state index contributed by atoms with van der Waals surface area (Å²) in [6, 6.07) is 0. The van der Waals surface area contributed by atoms with Crippen LogP contribution in [0.25, 0.3) is 0 Å². The van der Waals surface area contributed by atoms with Gasteiger partial charge in [-0.1, -0.05) is 26.7 Å². The van der Waals surface area contributed by atoms with E-state index in [0.29, 0.717) is 24.4 Å². The van der Waals surface area contributed by atoms with E-state index in [0.717, 1.165) is 0 Å². The van der Waals surface area contributed by atoms with Crippen molar-refractivity contribution < 1.29 is 9.53 Å². The molecule has 1 fully saturated rings. The maximum absolute atomic E-state index is 11.3. The van der Waals surface area contributed by atoms with Crippen molar-refractivity contribution in [3.05, 3.63) is 0 Å². The lowest BCUT2D eigenvalue weighted by atomic mass is 9.75. The highest BCUT2D eigenvalue weighted by atomic mass is 16.5. The maximum atomic E-state index is 11.3. The SMILES string of the molecule is CCOC(=O)C[C@@H](C)C1(C)CCCC1. The van der Waals surface area contributed by atoms with Crippen molar-refractivity contribution in [3.63, 3.8) is 0 Å². The quantitative estimate of drug-likeness (QED) is 0.649. The van der Waals surface area contributed by atoms with Gasteiger partial charge in [-0.25, -0.2) is 0 Å². The molecular formula is C12H22O2. The second kappa shape index (κ2) is 4.81. The monoisotopic (exact) mass is 198 g/mol. The third-order valence-corrected chi connectivity index (χ3v) is 3.71. The average molecular weight is 198 g/mol. The fourth-order valence-corrected chi connectivity index (χ4v) is 2.39. The number of ether oxygens (including phenoxy) is 1. The Labute approximate surface area is 87.0 Å². The number of carbonyl (C=O) groups excluding carboxylic acids is 1. The number of hydrogen-bond donors (Lipinski definition) is 0. The van der Waals surface area contributed by atoms with Crippen LogP contribution in [0.4, 0.5) is 0 Å². The maximum Gasteiger partial charge on any atom is 0.306 e. The predicted octanol–water partition coefficient (Wildman–Crippen LogP) is 3.16. The molecule has 0 unspecified atom stereocenters. The van der Waals surface area contributed by atoms with Gasteiger partial charge < -0.3 is 4.74 Å². The van der Waals surface area contributed by atoms with Crippen LogP contribution in [-0.2, 0) is 9.53 Å². The normalized spacial score (nSPS) is 21.9. The van der Waals surface area contributed by atoms with Crippen LogP contribution < -0.4 is 0 Å². The minimum Gasteiger partial charge on any atom is -0.466 e. The Morgan fingerprint density at radius 1 is 1.43 bits per heavy atom. The van der Waals surface area contributed by atoms with Crippen LogP contribution in [0.1, 0.15) is 52.9 Å². The molecule has 0 aliphatic heterocycles. The molecule has 0 aromatic heterocycles. The molecule has 1 aliphatic carbocycles. The van der Waals surface area contributed by atoms with Crippen LogP contribution in [0.3, 0.4) is 0 Å². The molecule has 1 atom stereocenters. The zero-order chi connectivity index (χ0) is 10.6. The van der Waals surface area contributed by atoms with Gasteiger partial charge in [0.1, 0.15) is 0 Å². The standard InChI is InChI=1S/C12H22O2/c1-4-14-11(13)9-10(2)12(3)7-5-6-8-12/h10H,4-9H2,1-3H3/t10-/m1/s1. The van der Waals surface area contributed by atoms with E-state index >= 15 is 0 Å². The van der Waals surface area contributed by atoms with E-state index in [1.807, 2.05) is 6.92 Å². The molecule has 1 saturated carbocycles. The van der Waals surface area contributed by atoms with E-state index in [1.165, 1.54) is 25.7 Å². The number of hydrogen-bond acceptors (Lipinski definition) is 2. The first kappa shape index (κ1) is 11.5. The molecule has 82 valence electrons. The van der Waals surface area contributed by atoms with Gasteiger partial charge in [0.2, 0.25) is 0 Å². The Morgan fingerprint density at radius 3 is 2.50 bits per heavy atom. The molecule has 2 nitrogen and oxygen atoms in total. The molecule has 0 spiro atoms. The van der Waals surface area contributed by atoms with Crippen LogP contribution in [0, 0.1) is 11.3 Å². The summed E-state index contributed by atoms with van der Waals surface area (Å²) in [6.07, 6.45) is 5.78. The highest BCUT2D eigenvalue weighted by Crippen LogP contribution is 2.44. The summed E-state index contributed by atoms with van der Waals surface area (Å²) in [7, 11) is 0. The summed E-state index contributed by atoms with van der Waals surface area (Å²) in [5.41, 5.74) is 0.382. The molecule has 1 aliphatic rings. The van der Waals surface area contributed by atoms with Crippen LogP contribution in [0.5, 0.6) is 0 Å². The lowest BCUT2D eigenvalue weighted by Crippen LogP contribution is -2.24. The number of esters is 1.